The van der Waals surface area contributed by atoms with Crippen molar-refractivity contribution in [3.63, 3.8) is 0 Å². The van der Waals surface area contributed by atoms with Crippen LogP contribution in [0.5, 0.6) is 0 Å². The molecule has 3 N–H and O–H groups in total. The molecule has 4 atom stereocenters. The minimum Gasteiger partial charge on any atom is -0.368 e. The fourth-order valence-electron chi connectivity index (χ4n) is 4.98. The van der Waals surface area contributed by atoms with E-state index in [2.05, 4.69) is 10.2 Å². The van der Waals surface area contributed by atoms with E-state index < -0.39 is 5.54 Å². The van der Waals surface area contributed by atoms with Crippen molar-refractivity contribution < 1.29 is 4.79 Å². The molecule has 4 heteroatoms. The average Bonchev–Trinajstić information content (AvgIpc) is 3.00. The number of likely N-dealkylation sites (tertiary alicyclic amines) is 1. The van der Waals surface area contributed by atoms with Crippen LogP contribution >= 0.6 is 0 Å². The van der Waals surface area contributed by atoms with E-state index in [1.807, 2.05) is 0 Å². The van der Waals surface area contributed by atoms with Crippen LogP contribution in [0.3, 0.4) is 0 Å². The summed E-state index contributed by atoms with van der Waals surface area (Å²) in [5.74, 6) is 0.819. The smallest absolute Gasteiger partial charge is 0.237 e. The van der Waals surface area contributed by atoms with E-state index in [0.29, 0.717) is 12.1 Å². The van der Waals surface area contributed by atoms with Crippen LogP contribution in [0.4, 0.5) is 0 Å². The molecule has 4 aliphatic rings. The number of nitrogens with one attached hydrogen (secondary N) is 1. The summed E-state index contributed by atoms with van der Waals surface area (Å²) >= 11 is 0. The molecule has 2 bridgehead atoms. The van der Waals surface area contributed by atoms with Gasteiger partial charge in [-0.1, -0.05) is 0 Å². The lowest BCUT2D eigenvalue weighted by atomic mass is 9.77. The Morgan fingerprint density at radius 1 is 1.15 bits per heavy atom. The quantitative estimate of drug-likeness (QED) is 0.816. The lowest BCUT2D eigenvalue weighted by molar-refractivity contribution is -0.127. The first-order valence-electron chi connectivity index (χ1n) is 8.50. The number of nitrogens with two attached hydrogens (primary N) is 1. The minimum atomic E-state index is -0.411. The van der Waals surface area contributed by atoms with Crippen LogP contribution in [0.15, 0.2) is 0 Å². The third kappa shape index (κ3) is 2.17. The van der Waals surface area contributed by atoms with Crippen LogP contribution in [0, 0.1) is 5.92 Å². The molecule has 4 nitrogen and oxygen atoms in total. The number of carbonyl (C=O) groups excluding carboxylic acids is 1. The molecule has 0 radical (unpaired) electrons. The maximum atomic E-state index is 12.1. The summed E-state index contributed by atoms with van der Waals surface area (Å²) in [6, 6.07) is 1.93. The van der Waals surface area contributed by atoms with Crippen molar-refractivity contribution in [1.29, 1.82) is 0 Å². The normalized spacial score (nSPS) is 44.9. The van der Waals surface area contributed by atoms with Crippen molar-refractivity contribution >= 4 is 5.91 Å². The SMILES string of the molecule is NC(=O)C1(NC2CC2)CCCC(N2CC3CCC2C3)C1. The Balaban J connectivity index is 1.49. The molecule has 4 fully saturated rings. The predicted octanol–water partition coefficient (Wildman–Crippen LogP) is 1.39. The van der Waals surface area contributed by atoms with Gasteiger partial charge in [-0.3, -0.25) is 9.69 Å². The van der Waals surface area contributed by atoms with E-state index in [-0.39, 0.29) is 5.91 Å². The molecular weight excluding hydrogens is 250 g/mol. The van der Waals surface area contributed by atoms with Crippen LogP contribution in [0.25, 0.3) is 0 Å². The number of primary amides is 1. The van der Waals surface area contributed by atoms with Gasteiger partial charge >= 0.3 is 0 Å². The van der Waals surface area contributed by atoms with Gasteiger partial charge in [0.1, 0.15) is 0 Å². The molecule has 4 rings (SSSR count). The molecule has 3 aliphatic carbocycles. The van der Waals surface area contributed by atoms with E-state index in [9.17, 15) is 4.79 Å². The predicted molar refractivity (Wildman–Crippen MR) is 78.2 cm³/mol. The number of rotatable bonds is 4. The highest BCUT2D eigenvalue weighted by atomic mass is 16.1. The number of hydrogen-bond acceptors (Lipinski definition) is 3. The number of piperidine rings is 1. The Hall–Kier alpha value is -0.610. The second-order valence-electron chi connectivity index (χ2n) is 7.64. The molecule has 0 aromatic heterocycles. The second-order valence-corrected chi connectivity index (χ2v) is 7.64. The molecule has 0 aromatic carbocycles. The second kappa shape index (κ2) is 4.70. The first-order valence-corrected chi connectivity index (χ1v) is 8.50. The van der Waals surface area contributed by atoms with Crippen molar-refractivity contribution in [3.05, 3.63) is 0 Å². The van der Waals surface area contributed by atoms with Crippen LogP contribution in [-0.2, 0) is 4.79 Å². The van der Waals surface area contributed by atoms with Gasteiger partial charge in [0.2, 0.25) is 5.91 Å². The summed E-state index contributed by atoms with van der Waals surface area (Å²) in [4.78, 5) is 14.8. The Morgan fingerprint density at radius 3 is 2.60 bits per heavy atom. The van der Waals surface area contributed by atoms with Gasteiger partial charge < -0.3 is 11.1 Å². The summed E-state index contributed by atoms with van der Waals surface area (Å²) in [6.45, 7) is 1.27. The van der Waals surface area contributed by atoms with Crippen molar-refractivity contribution in [2.75, 3.05) is 6.54 Å². The highest BCUT2D eigenvalue weighted by Gasteiger charge is 2.49. The molecule has 1 saturated heterocycles. The third-order valence-electron chi connectivity index (χ3n) is 6.18. The Labute approximate surface area is 121 Å². The standard InChI is InChI=1S/C16H27N3O/c17-15(20)16(18-12-4-5-12)7-1-2-14(9-16)19-10-11-3-6-13(19)8-11/h11-14,18H,1-10H2,(H2,17,20). The average molecular weight is 277 g/mol. The lowest BCUT2D eigenvalue weighted by Crippen LogP contribution is -2.61. The van der Waals surface area contributed by atoms with Crippen molar-refractivity contribution in [3.8, 4) is 0 Å². The Kier molecular flexibility index (Phi) is 3.08. The van der Waals surface area contributed by atoms with Crippen LogP contribution < -0.4 is 11.1 Å². The maximum absolute atomic E-state index is 12.1. The van der Waals surface area contributed by atoms with Gasteiger partial charge in [0.15, 0.2) is 0 Å². The zero-order chi connectivity index (χ0) is 13.7. The molecule has 0 aromatic rings. The summed E-state index contributed by atoms with van der Waals surface area (Å²) in [5, 5.41) is 3.60. The van der Waals surface area contributed by atoms with Crippen molar-refractivity contribution in [2.45, 2.75) is 81.5 Å². The number of amides is 1. The number of fused-ring (bicyclic) bond motifs is 2. The lowest BCUT2D eigenvalue weighted by Gasteiger charge is -2.45. The first-order chi connectivity index (χ1) is 9.66. The van der Waals surface area contributed by atoms with E-state index in [1.165, 1.54) is 45.1 Å². The fraction of sp³-hybridized carbons (Fsp3) is 0.938. The van der Waals surface area contributed by atoms with Gasteiger partial charge in [-0.15, -0.1) is 0 Å². The van der Waals surface area contributed by atoms with Crippen LogP contribution in [0.1, 0.15) is 57.8 Å². The van der Waals surface area contributed by atoms with Gasteiger partial charge in [-0.05, 0) is 63.7 Å². The van der Waals surface area contributed by atoms with Gasteiger partial charge in [-0.2, -0.15) is 0 Å². The summed E-state index contributed by atoms with van der Waals surface area (Å²) < 4.78 is 0. The molecule has 20 heavy (non-hydrogen) atoms. The largest absolute Gasteiger partial charge is 0.368 e. The maximum Gasteiger partial charge on any atom is 0.237 e. The zero-order valence-corrected chi connectivity index (χ0v) is 12.3. The van der Waals surface area contributed by atoms with Crippen molar-refractivity contribution in [2.24, 2.45) is 11.7 Å². The first kappa shape index (κ1) is 13.1. The number of hydrogen-bond donors (Lipinski definition) is 2. The summed E-state index contributed by atoms with van der Waals surface area (Å²) in [6.07, 6.45) is 10.9. The summed E-state index contributed by atoms with van der Waals surface area (Å²) in [7, 11) is 0. The Morgan fingerprint density at radius 2 is 2.00 bits per heavy atom. The van der Waals surface area contributed by atoms with Gasteiger partial charge in [0.25, 0.3) is 0 Å². The van der Waals surface area contributed by atoms with Crippen LogP contribution in [-0.4, -0.2) is 41.0 Å². The minimum absolute atomic E-state index is 0.113. The van der Waals surface area contributed by atoms with Gasteiger partial charge in [-0.25, -0.2) is 0 Å². The molecule has 1 aliphatic heterocycles. The molecule has 3 saturated carbocycles. The van der Waals surface area contributed by atoms with Crippen molar-refractivity contribution in [1.82, 2.24) is 10.2 Å². The molecule has 112 valence electrons. The molecule has 1 amide bonds. The summed E-state index contributed by atoms with van der Waals surface area (Å²) in [5.41, 5.74) is 5.38. The topological polar surface area (TPSA) is 58.4 Å². The Bertz CT molecular complexity index is 409. The molecular formula is C16H27N3O. The molecule has 4 unspecified atom stereocenters. The van der Waals surface area contributed by atoms with E-state index in [4.69, 9.17) is 5.73 Å². The molecule has 1 heterocycles. The molecule has 0 spiro atoms. The monoisotopic (exact) mass is 277 g/mol. The highest BCUT2D eigenvalue weighted by molar-refractivity contribution is 5.85. The number of nitrogens with zero attached hydrogens (tertiary/aromatic N) is 1. The van der Waals surface area contributed by atoms with E-state index in [0.717, 1.165) is 31.2 Å². The van der Waals surface area contributed by atoms with Crippen LogP contribution in [0.2, 0.25) is 0 Å². The highest BCUT2D eigenvalue weighted by Crippen LogP contribution is 2.43. The van der Waals surface area contributed by atoms with E-state index in [1.54, 1.807) is 0 Å². The number of carbonyl (C=O) groups is 1. The van der Waals surface area contributed by atoms with Gasteiger partial charge in [0, 0.05) is 24.7 Å². The van der Waals surface area contributed by atoms with E-state index >= 15 is 0 Å². The van der Waals surface area contributed by atoms with Gasteiger partial charge in [0.05, 0.1) is 5.54 Å². The zero-order valence-electron chi connectivity index (χ0n) is 12.3. The fourth-order valence-corrected chi connectivity index (χ4v) is 4.98. The third-order valence-corrected chi connectivity index (χ3v) is 6.18.